The molecule has 2 saturated heterocycles. The molecule has 0 N–H and O–H groups in total. The lowest BCUT2D eigenvalue weighted by molar-refractivity contribution is 0.0582. The van der Waals surface area contributed by atoms with Gasteiger partial charge in [-0.2, -0.15) is 0 Å². The van der Waals surface area contributed by atoms with Crippen LogP contribution in [0.5, 0.6) is 0 Å². The molecule has 0 saturated carbocycles. The lowest BCUT2D eigenvalue weighted by atomic mass is 9.77. The number of carbonyl (C=O) groups is 1. The van der Waals surface area contributed by atoms with Crippen molar-refractivity contribution in [1.29, 1.82) is 0 Å². The summed E-state index contributed by atoms with van der Waals surface area (Å²) >= 11 is 0. The van der Waals surface area contributed by atoms with Crippen LogP contribution in [0.4, 0.5) is 0 Å². The van der Waals surface area contributed by atoms with Gasteiger partial charge in [0.15, 0.2) is 0 Å². The molecule has 1 aromatic heterocycles. The fourth-order valence-corrected chi connectivity index (χ4v) is 5.43. The van der Waals surface area contributed by atoms with Crippen molar-refractivity contribution >= 4 is 16.8 Å². The summed E-state index contributed by atoms with van der Waals surface area (Å²) in [5.41, 5.74) is 3.76. The molecule has 1 spiro atoms. The zero-order chi connectivity index (χ0) is 19.8. The molecular weight excluding hydrogens is 362 g/mol. The first-order chi connectivity index (χ1) is 14.1. The van der Waals surface area contributed by atoms with Crippen LogP contribution in [0.3, 0.4) is 0 Å². The second-order valence-electron chi connectivity index (χ2n) is 9.15. The molecule has 1 amide bonds. The SMILES string of the molecule is Cn1c(C(=O)N2CCC3(CCN(CC4=COCCC4)C3)CC2)cc2ccccc21. The number of ether oxygens (including phenoxy) is 1. The van der Waals surface area contributed by atoms with Gasteiger partial charge in [0, 0.05) is 44.1 Å². The number of nitrogens with zero attached hydrogens (tertiary/aromatic N) is 3. The molecule has 5 heteroatoms. The summed E-state index contributed by atoms with van der Waals surface area (Å²) in [6.45, 7) is 6.02. The Morgan fingerprint density at radius 1 is 1.14 bits per heavy atom. The van der Waals surface area contributed by atoms with E-state index in [0.717, 1.165) is 62.1 Å². The summed E-state index contributed by atoms with van der Waals surface area (Å²) in [7, 11) is 2.00. The van der Waals surface area contributed by atoms with Crippen LogP contribution in [0.15, 0.2) is 42.2 Å². The number of aryl methyl sites for hydroxylation is 1. The van der Waals surface area contributed by atoms with Crippen LogP contribution in [0, 0.1) is 5.41 Å². The first-order valence-electron chi connectivity index (χ1n) is 11.0. The lowest BCUT2D eigenvalue weighted by Gasteiger charge is -2.39. The highest BCUT2D eigenvalue weighted by atomic mass is 16.5. The van der Waals surface area contributed by atoms with Crippen LogP contribution >= 0.6 is 0 Å². The molecule has 3 aliphatic heterocycles. The minimum atomic E-state index is 0.179. The van der Waals surface area contributed by atoms with E-state index in [-0.39, 0.29) is 5.91 Å². The van der Waals surface area contributed by atoms with Crippen molar-refractivity contribution in [3.05, 3.63) is 47.9 Å². The van der Waals surface area contributed by atoms with Gasteiger partial charge < -0.3 is 14.2 Å². The molecular formula is C24H31N3O2. The van der Waals surface area contributed by atoms with Crippen molar-refractivity contribution in [2.24, 2.45) is 12.5 Å². The van der Waals surface area contributed by atoms with Gasteiger partial charge in [0.1, 0.15) is 5.69 Å². The molecule has 1 aromatic carbocycles. The predicted molar refractivity (Wildman–Crippen MR) is 115 cm³/mol. The largest absolute Gasteiger partial charge is 0.501 e. The summed E-state index contributed by atoms with van der Waals surface area (Å²) in [6.07, 6.45) is 7.81. The van der Waals surface area contributed by atoms with Gasteiger partial charge in [0.05, 0.1) is 12.9 Å². The van der Waals surface area contributed by atoms with Crippen LogP contribution in [0.1, 0.15) is 42.6 Å². The Morgan fingerprint density at radius 3 is 2.69 bits per heavy atom. The summed E-state index contributed by atoms with van der Waals surface area (Å²) in [4.78, 5) is 17.9. The highest BCUT2D eigenvalue weighted by Gasteiger charge is 2.41. The third-order valence-electron chi connectivity index (χ3n) is 7.24. The number of carbonyl (C=O) groups excluding carboxylic acids is 1. The van der Waals surface area contributed by atoms with Gasteiger partial charge in [0.25, 0.3) is 5.91 Å². The summed E-state index contributed by atoms with van der Waals surface area (Å²) in [5.74, 6) is 0.179. The summed E-state index contributed by atoms with van der Waals surface area (Å²) < 4.78 is 7.55. The van der Waals surface area contributed by atoms with Crippen molar-refractivity contribution in [3.63, 3.8) is 0 Å². The molecule has 154 valence electrons. The van der Waals surface area contributed by atoms with Crippen LogP contribution in [0.2, 0.25) is 0 Å². The highest BCUT2D eigenvalue weighted by molar-refractivity contribution is 5.98. The number of hydrogen-bond acceptors (Lipinski definition) is 3. The number of likely N-dealkylation sites (tertiary alicyclic amines) is 2. The predicted octanol–water partition coefficient (Wildman–Crippen LogP) is 3.80. The van der Waals surface area contributed by atoms with Gasteiger partial charge >= 0.3 is 0 Å². The lowest BCUT2D eigenvalue weighted by Crippen LogP contribution is -2.44. The molecule has 29 heavy (non-hydrogen) atoms. The van der Waals surface area contributed by atoms with Crippen molar-refractivity contribution in [1.82, 2.24) is 14.4 Å². The van der Waals surface area contributed by atoms with Crippen molar-refractivity contribution in [3.8, 4) is 0 Å². The van der Waals surface area contributed by atoms with E-state index in [1.807, 2.05) is 36.1 Å². The minimum Gasteiger partial charge on any atom is -0.501 e. The third-order valence-corrected chi connectivity index (χ3v) is 7.24. The van der Waals surface area contributed by atoms with E-state index in [1.54, 1.807) is 0 Å². The number of amides is 1. The van der Waals surface area contributed by atoms with Crippen molar-refractivity contribution in [2.45, 2.75) is 32.1 Å². The Morgan fingerprint density at radius 2 is 1.93 bits per heavy atom. The Hall–Kier alpha value is -2.27. The maximum atomic E-state index is 13.2. The number of piperidine rings is 1. The summed E-state index contributed by atoms with van der Waals surface area (Å²) in [5, 5.41) is 1.14. The average Bonchev–Trinajstić information content (AvgIpc) is 3.30. The van der Waals surface area contributed by atoms with Gasteiger partial charge in [-0.1, -0.05) is 18.2 Å². The zero-order valence-corrected chi connectivity index (χ0v) is 17.4. The van der Waals surface area contributed by atoms with Gasteiger partial charge in [-0.15, -0.1) is 0 Å². The first-order valence-corrected chi connectivity index (χ1v) is 11.0. The van der Waals surface area contributed by atoms with Crippen LogP contribution in [0.25, 0.3) is 10.9 Å². The van der Waals surface area contributed by atoms with E-state index in [4.69, 9.17) is 4.74 Å². The standard InChI is InChI=1S/C24H31N3O2/c1-25-21-7-3-2-6-20(21)15-22(25)23(28)27-12-9-24(10-13-27)8-11-26(18-24)16-19-5-4-14-29-17-19/h2-3,6-7,15,17H,4-5,8-14,16,18H2,1H3. The number of fused-ring (bicyclic) bond motifs is 1. The maximum Gasteiger partial charge on any atom is 0.270 e. The normalized spacial score (nSPS) is 22.1. The van der Waals surface area contributed by atoms with Gasteiger partial charge in [-0.25, -0.2) is 0 Å². The molecule has 0 aliphatic carbocycles. The fraction of sp³-hybridized carbons (Fsp3) is 0.542. The molecule has 3 aliphatic rings. The molecule has 2 aromatic rings. The number of benzene rings is 1. The van der Waals surface area contributed by atoms with Crippen molar-refractivity contribution in [2.75, 3.05) is 39.3 Å². The second kappa shape index (κ2) is 7.52. The number of rotatable bonds is 3. The van der Waals surface area contributed by atoms with E-state index >= 15 is 0 Å². The molecule has 5 nitrogen and oxygen atoms in total. The van der Waals surface area contributed by atoms with E-state index in [9.17, 15) is 4.79 Å². The second-order valence-corrected chi connectivity index (χ2v) is 9.15. The number of hydrogen-bond donors (Lipinski definition) is 0. The Kier molecular flexibility index (Phi) is 4.86. The minimum absolute atomic E-state index is 0.179. The third kappa shape index (κ3) is 3.57. The molecule has 0 atom stereocenters. The van der Waals surface area contributed by atoms with Crippen LogP contribution < -0.4 is 0 Å². The topological polar surface area (TPSA) is 37.7 Å². The quantitative estimate of drug-likeness (QED) is 0.796. The molecule has 0 radical (unpaired) electrons. The highest BCUT2D eigenvalue weighted by Crippen LogP contribution is 2.41. The Balaban J connectivity index is 1.21. The zero-order valence-electron chi connectivity index (χ0n) is 17.4. The maximum absolute atomic E-state index is 13.2. The van der Waals surface area contributed by atoms with Gasteiger partial charge in [-0.05, 0) is 61.8 Å². The van der Waals surface area contributed by atoms with E-state index < -0.39 is 0 Å². The van der Waals surface area contributed by atoms with E-state index in [2.05, 4.69) is 21.9 Å². The van der Waals surface area contributed by atoms with Crippen LogP contribution in [-0.2, 0) is 11.8 Å². The molecule has 0 unspecified atom stereocenters. The Labute approximate surface area is 172 Å². The van der Waals surface area contributed by atoms with Crippen molar-refractivity contribution < 1.29 is 9.53 Å². The smallest absolute Gasteiger partial charge is 0.270 e. The first kappa shape index (κ1) is 18.7. The van der Waals surface area contributed by atoms with E-state index in [1.165, 1.54) is 31.5 Å². The average molecular weight is 394 g/mol. The summed E-state index contributed by atoms with van der Waals surface area (Å²) in [6, 6.07) is 10.3. The molecule has 0 bridgehead atoms. The molecule has 5 rings (SSSR count). The number of para-hydroxylation sites is 1. The monoisotopic (exact) mass is 393 g/mol. The van der Waals surface area contributed by atoms with E-state index in [0.29, 0.717) is 5.41 Å². The van der Waals surface area contributed by atoms with Crippen LogP contribution in [-0.4, -0.2) is 59.6 Å². The fourth-order valence-electron chi connectivity index (χ4n) is 5.43. The van der Waals surface area contributed by atoms with Gasteiger partial charge in [-0.3, -0.25) is 9.69 Å². The molecule has 2 fully saturated rings. The van der Waals surface area contributed by atoms with Gasteiger partial charge in [0.2, 0.25) is 0 Å². The molecule has 4 heterocycles. The number of aromatic nitrogens is 1. The Bertz CT molecular complexity index is 937.